The number of carboxylic acids is 1. The third-order valence-electron chi connectivity index (χ3n) is 1.91. The summed E-state index contributed by atoms with van der Waals surface area (Å²) in [6.45, 7) is 3.40. The molecule has 1 amide bonds. The molecule has 7 heteroatoms. The van der Waals surface area contributed by atoms with Gasteiger partial charge < -0.3 is 15.4 Å². The number of nitrogens with one attached hydrogen (secondary N) is 2. The van der Waals surface area contributed by atoms with Gasteiger partial charge in [0, 0.05) is 6.20 Å². The minimum atomic E-state index is -1.16. The van der Waals surface area contributed by atoms with Crippen LogP contribution in [0.15, 0.2) is 29.8 Å². The zero-order valence-electron chi connectivity index (χ0n) is 8.84. The first-order chi connectivity index (χ1) is 8.04. The van der Waals surface area contributed by atoms with Crippen molar-refractivity contribution in [2.75, 3.05) is 0 Å². The van der Waals surface area contributed by atoms with Gasteiger partial charge in [-0.2, -0.15) is 0 Å². The summed E-state index contributed by atoms with van der Waals surface area (Å²) in [4.78, 5) is 38.9. The van der Waals surface area contributed by atoms with E-state index in [1.165, 1.54) is 6.08 Å². The summed E-state index contributed by atoms with van der Waals surface area (Å²) in [5, 5.41) is 11.1. The van der Waals surface area contributed by atoms with Crippen LogP contribution in [-0.4, -0.2) is 33.0 Å². The van der Waals surface area contributed by atoms with Crippen molar-refractivity contribution < 1.29 is 14.7 Å². The first-order valence-corrected chi connectivity index (χ1v) is 4.74. The van der Waals surface area contributed by atoms with Crippen LogP contribution in [0.5, 0.6) is 0 Å². The molecule has 17 heavy (non-hydrogen) atoms. The fraction of sp³-hybridized carbons (Fsp3) is 0.200. The van der Waals surface area contributed by atoms with E-state index < -0.39 is 23.5 Å². The van der Waals surface area contributed by atoms with Gasteiger partial charge in [-0.25, -0.2) is 9.78 Å². The van der Waals surface area contributed by atoms with Gasteiger partial charge in [0.05, 0.1) is 6.20 Å². The van der Waals surface area contributed by atoms with E-state index in [0.717, 1.165) is 12.4 Å². The number of hydrogen-bond acceptors (Lipinski definition) is 4. The molecule has 1 unspecified atom stereocenters. The predicted molar refractivity (Wildman–Crippen MR) is 58.6 cm³/mol. The van der Waals surface area contributed by atoms with Gasteiger partial charge in [0.2, 0.25) is 0 Å². The molecule has 1 atom stereocenters. The molecule has 0 radical (unpaired) electrons. The third-order valence-corrected chi connectivity index (χ3v) is 1.91. The minimum absolute atomic E-state index is 0.0556. The van der Waals surface area contributed by atoms with Crippen molar-refractivity contribution in [3.63, 3.8) is 0 Å². The van der Waals surface area contributed by atoms with Crippen LogP contribution < -0.4 is 10.9 Å². The van der Waals surface area contributed by atoms with Crippen LogP contribution in [0, 0.1) is 0 Å². The summed E-state index contributed by atoms with van der Waals surface area (Å²) < 4.78 is 0. The summed E-state index contributed by atoms with van der Waals surface area (Å²) >= 11 is 0. The second-order valence-electron chi connectivity index (χ2n) is 3.19. The third kappa shape index (κ3) is 3.56. The lowest BCUT2D eigenvalue weighted by atomic mass is 10.2. The molecule has 0 fully saturated rings. The Labute approximate surface area is 96.2 Å². The van der Waals surface area contributed by atoms with Gasteiger partial charge in [-0.3, -0.25) is 9.59 Å². The highest BCUT2D eigenvalue weighted by molar-refractivity contribution is 5.94. The highest BCUT2D eigenvalue weighted by Gasteiger charge is 2.19. The van der Waals surface area contributed by atoms with Crippen molar-refractivity contribution >= 4 is 11.9 Å². The lowest BCUT2D eigenvalue weighted by molar-refractivity contribution is -0.139. The first-order valence-electron chi connectivity index (χ1n) is 4.74. The van der Waals surface area contributed by atoms with Crippen molar-refractivity contribution in [3.05, 3.63) is 41.1 Å². The molecule has 1 rings (SSSR count). The molecule has 7 nitrogen and oxygen atoms in total. The van der Waals surface area contributed by atoms with Crippen molar-refractivity contribution in [1.29, 1.82) is 0 Å². The van der Waals surface area contributed by atoms with Crippen LogP contribution in [0.4, 0.5) is 0 Å². The SMILES string of the molecule is C=CCC(NC(=O)c1c[nH]c(=O)cn1)C(=O)O. The maximum atomic E-state index is 11.6. The number of aromatic amines is 1. The molecule has 0 spiro atoms. The molecular weight excluding hydrogens is 226 g/mol. The Balaban J connectivity index is 2.76. The molecule has 1 aromatic heterocycles. The molecule has 1 aromatic rings. The lowest BCUT2D eigenvalue weighted by Gasteiger charge is -2.11. The summed E-state index contributed by atoms with van der Waals surface area (Å²) in [6, 6.07) is -1.06. The van der Waals surface area contributed by atoms with E-state index in [2.05, 4.69) is 21.9 Å². The van der Waals surface area contributed by atoms with Crippen LogP contribution in [0.1, 0.15) is 16.9 Å². The summed E-state index contributed by atoms with van der Waals surface area (Å²) in [7, 11) is 0. The molecule has 0 bridgehead atoms. The summed E-state index contributed by atoms with van der Waals surface area (Å²) in [5.41, 5.74) is -0.498. The van der Waals surface area contributed by atoms with Crippen molar-refractivity contribution in [2.24, 2.45) is 0 Å². The fourth-order valence-electron chi connectivity index (χ4n) is 1.09. The average molecular weight is 237 g/mol. The van der Waals surface area contributed by atoms with Gasteiger partial charge in [0.1, 0.15) is 11.7 Å². The van der Waals surface area contributed by atoms with E-state index in [9.17, 15) is 14.4 Å². The standard InChI is InChI=1S/C10H11N3O4/c1-2-3-6(10(16)17)13-9(15)7-4-12-8(14)5-11-7/h2,4-6H,1,3H2,(H,12,14)(H,13,15)(H,16,17). The van der Waals surface area contributed by atoms with Crippen LogP contribution >= 0.6 is 0 Å². The largest absolute Gasteiger partial charge is 0.480 e. The number of nitrogens with zero attached hydrogens (tertiary/aromatic N) is 1. The molecule has 90 valence electrons. The summed E-state index contributed by atoms with van der Waals surface area (Å²) in [6.07, 6.45) is 3.55. The average Bonchev–Trinajstić information content (AvgIpc) is 2.29. The number of aromatic nitrogens is 2. The summed E-state index contributed by atoms with van der Waals surface area (Å²) in [5.74, 6) is -1.84. The van der Waals surface area contributed by atoms with E-state index >= 15 is 0 Å². The first kappa shape index (κ1) is 12.6. The van der Waals surface area contributed by atoms with E-state index in [0.29, 0.717) is 0 Å². The highest BCUT2D eigenvalue weighted by atomic mass is 16.4. The number of H-pyrrole nitrogens is 1. The van der Waals surface area contributed by atoms with Crippen LogP contribution in [-0.2, 0) is 4.79 Å². The maximum Gasteiger partial charge on any atom is 0.326 e. The van der Waals surface area contributed by atoms with E-state index in [1.807, 2.05) is 0 Å². The Bertz CT molecular complexity index is 474. The normalized spacial score (nSPS) is 11.5. The number of carbonyl (C=O) groups excluding carboxylic acids is 1. The molecule has 3 N–H and O–H groups in total. The molecule has 0 aliphatic heterocycles. The molecule has 0 saturated heterocycles. The Hall–Kier alpha value is -2.44. The number of carboxylic acid groups (broad SMARTS) is 1. The lowest BCUT2D eigenvalue weighted by Crippen LogP contribution is -2.40. The van der Waals surface area contributed by atoms with Gasteiger partial charge in [-0.05, 0) is 6.42 Å². The van der Waals surface area contributed by atoms with Crippen LogP contribution in [0.25, 0.3) is 0 Å². The maximum absolute atomic E-state index is 11.6. The van der Waals surface area contributed by atoms with Gasteiger partial charge in [0.15, 0.2) is 0 Å². The van der Waals surface area contributed by atoms with Gasteiger partial charge in [-0.1, -0.05) is 6.08 Å². The van der Waals surface area contributed by atoms with Gasteiger partial charge in [0.25, 0.3) is 11.5 Å². The zero-order valence-corrected chi connectivity index (χ0v) is 8.84. The quantitative estimate of drug-likeness (QED) is 0.599. The molecule has 0 aromatic carbocycles. The smallest absolute Gasteiger partial charge is 0.326 e. The Morgan fingerprint density at radius 3 is 2.82 bits per heavy atom. The number of carbonyl (C=O) groups is 2. The molecular formula is C10H11N3O4. The second-order valence-corrected chi connectivity index (χ2v) is 3.19. The van der Waals surface area contributed by atoms with E-state index in [4.69, 9.17) is 5.11 Å². The predicted octanol–water partition coefficient (Wildman–Crippen LogP) is -0.471. The van der Waals surface area contributed by atoms with Gasteiger partial charge >= 0.3 is 5.97 Å². The second kappa shape index (κ2) is 5.59. The minimum Gasteiger partial charge on any atom is -0.480 e. The number of rotatable bonds is 5. The van der Waals surface area contributed by atoms with E-state index in [1.54, 1.807) is 0 Å². The van der Waals surface area contributed by atoms with Gasteiger partial charge in [-0.15, -0.1) is 6.58 Å². The zero-order chi connectivity index (χ0) is 12.8. The van der Waals surface area contributed by atoms with Crippen molar-refractivity contribution in [1.82, 2.24) is 15.3 Å². The number of amides is 1. The van der Waals surface area contributed by atoms with Crippen molar-refractivity contribution in [2.45, 2.75) is 12.5 Å². The van der Waals surface area contributed by atoms with Crippen molar-refractivity contribution in [3.8, 4) is 0 Å². The Kier molecular flexibility index (Phi) is 4.15. The molecule has 0 saturated carbocycles. The molecule has 0 aliphatic carbocycles. The topological polar surface area (TPSA) is 112 Å². The fourth-order valence-corrected chi connectivity index (χ4v) is 1.09. The Morgan fingerprint density at radius 1 is 1.65 bits per heavy atom. The highest BCUT2D eigenvalue weighted by Crippen LogP contribution is 1.96. The molecule has 0 aliphatic rings. The monoisotopic (exact) mass is 237 g/mol. The molecule has 1 heterocycles. The number of hydrogen-bond donors (Lipinski definition) is 3. The van der Waals surface area contributed by atoms with Crippen LogP contribution in [0.3, 0.4) is 0 Å². The number of aliphatic carboxylic acids is 1. The van der Waals surface area contributed by atoms with Crippen LogP contribution in [0.2, 0.25) is 0 Å². The van der Waals surface area contributed by atoms with E-state index in [-0.39, 0.29) is 12.1 Å². The Morgan fingerprint density at radius 2 is 2.35 bits per heavy atom.